The van der Waals surface area contributed by atoms with E-state index in [2.05, 4.69) is 0 Å². The molecule has 2 aromatic rings. The van der Waals surface area contributed by atoms with Crippen molar-refractivity contribution in [3.63, 3.8) is 0 Å². The molecule has 0 radical (unpaired) electrons. The lowest BCUT2D eigenvalue weighted by atomic mass is 10.2. The molecule has 0 fully saturated rings. The van der Waals surface area contributed by atoms with Crippen molar-refractivity contribution in [1.82, 2.24) is 0 Å². The van der Waals surface area contributed by atoms with Crippen LogP contribution in [0.2, 0.25) is 0 Å². The van der Waals surface area contributed by atoms with E-state index in [0.29, 0.717) is 11.1 Å². The second kappa shape index (κ2) is 4.95. The van der Waals surface area contributed by atoms with Crippen LogP contribution in [0.1, 0.15) is 11.1 Å². The van der Waals surface area contributed by atoms with Crippen molar-refractivity contribution < 1.29 is 13.5 Å². The first-order valence-electron chi connectivity index (χ1n) is 5.30. The van der Waals surface area contributed by atoms with Gasteiger partial charge < -0.3 is 4.74 Å². The molecule has 0 aromatic heterocycles. The summed E-state index contributed by atoms with van der Waals surface area (Å²) in [5, 5.41) is 0. The van der Waals surface area contributed by atoms with Crippen LogP contribution in [0.3, 0.4) is 0 Å². The van der Waals surface area contributed by atoms with Crippen LogP contribution >= 0.6 is 0 Å². The Labute approximate surface area is 98.7 Å². The molecular weight excluding hydrogens is 222 g/mol. The molecule has 1 nitrogen and oxygen atoms in total. The van der Waals surface area contributed by atoms with Gasteiger partial charge in [0.25, 0.3) is 0 Å². The van der Waals surface area contributed by atoms with Crippen LogP contribution in [0, 0.1) is 18.6 Å². The van der Waals surface area contributed by atoms with E-state index < -0.39 is 5.82 Å². The molecule has 0 saturated heterocycles. The fraction of sp³-hybridized carbons (Fsp3) is 0.143. The number of hydrogen-bond donors (Lipinski definition) is 0. The normalized spacial score (nSPS) is 10.3. The van der Waals surface area contributed by atoms with E-state index in [1.54, 1.807) is 37.3 Å². The fourth-order valence-corrected chi connectivity index (χ4v) is 1.50. The Morgan fingerprint density at radius 2 is 1.76 bits per heavy atom. The van der Waals surface area contributed by atoms with Gasteiger partial charge in [0, 0.05) is 5.56 Å². The highest BCUT2D eigenvalue weighted by Gasteiger charge is 2.07. The summed E-state index contributed by atoms with van der Waals surface area (Å²) in [7, 11) is 0. The van der Waals surface area contributed by atoms with E-state index in [1.807, 2.05) is 0 Å². The topological polar surface area (TPSA) is 9.23 Å². The lowest BCUT2D eigenvalue weighted by molar-refractivity contribution is 0.284. The molecule has 2 aromatic carbocycles. The van der Waals surface area contributed by atoms with Gasteiger partial charge >= 0.3 is 0 Å². The predicted octanol–water partition coefficient (Wildman–Crippen LogP) is 3.85. The lowest BCUT2D eigenvalue weighted by Gasteiger charge is -2.09. The highest BCUT2D eigenvalue weighted by Crippen LogP contribution is 2.21. The van der Waals surface area contributed by atoms with Crippen LogP contribution in [0.15, 0.2) is 42.5 Å². The van der Waals surface area contributed by atoms with Gasteiger partial charge in [0.1, 0.15) is 12.4 Å². The molecule has 3 heteroatoms. The lowest BCUT2D eigenvalue weighted by Crippen LogP contribution is -2.00. The maximum Gasteiger partial charge on any atom is 0.167 e. The molecule has 88 valence electrons. The van der Waals surface area contributed by atoms with Crippen molar-refractivity contribution in [3.05, 3.63) is 65.2 Å². The molecule has 17 heavy (non-hydrogen) atoms. The molecule has 0 spiro atoms. The first kappa shape index (κ1) is 11.6. The summed E-state index contributed by atoms with van der Waals surface area (Å²) in [6.45, 7) is 1.68. The standard InChI is InChI=1S/C14H12F2O/c1-10-5-4-8-13(14(10)16)17-9-11-6-2-3-7-12(11)15/h2-8H,9H2,1H3. The summed E-state index contributed by atoms with van der Waals surface area (Å²) in [5.41, 5.74) is 0.921. The predicted molar refractivity (Wildman–Crippen MR) is 61.9 cm³/mol. The molecule has 0 heterocycles. The number of hydrogen-bond acceptors (Lipinski definition) is 1. The van der Waals surface area contributed by atoms with E-state index in [-0.39, 0.29) is 18.2 Å². The van der Waals surface area contributed by atoms with Crippen molar-refractivity contribution in [3.8, 4) is 5.75 Å². The summed E-state index contributed by atoms with van der Waals surface area (Å²) in [6.07, 6.45) is 0. The van der Waals surface area contributed by atoms with Gasteiger partial charge in [0.15, 0.2) is 11.6 Å². The van der Waals surface area contributed by atoms with Crippen molar-refractivity contribution in [2.45, 2.75) is 13.5 Å². The number of benzene rings is 2. The minimum Gasteiger partial charge on any atom is -0.486 e. The van der Waals surface area contributed by atoms with Crippen molar-refractivity contribution >= 4 is 0 Å². The van der Waals surface area contributed by atoms with E-state index in [9.17, 15) is 8.78 Å². The van der Waals surface area contributed by atoms with Gasteiger partial charge in [-0.3, -0.25) is 0 Å². The average Bonchev–Trinajstić information content (AvgIpc) is 2.33. The monoisotopic (exact) mass is 234 g/mol. The van der Waals surface area contributed by atoms with Gasteiger partial charge in [-0.05, 0) is 24.6 Å². The first-order valence-corrected chi connectivity index (χ1v) is 5.30. The minimum absolute atomic E-state index is 0.0209. The SMILES string of the molecule is Cc1cccc(OCc2ccccc2F)c1F. The van der Waals surface area contributed by atoms with E-state index >= 15 is 0 Å². The second-order valence-electron chi connectivity index (χ2n) is 3.77. The van der Waals surface area contributed by atoms with E-state index in [0.717, 1.165) is 0 Å². The smallest absolute Gasteiger partial charge is 0.167 e. The average molecular weight is 234 g/mol. The minimum atomic E-state index is -0.399. The largest absolute Gasteiger partial charge is 0.486 e. The van der Waals surface area contributed by atoms with Crippen LogP contribution in [0.25, 0.3) is 0 Å². The van der Waals surface area contributed by atoms with Gasteiger partial charge in [-0.1, -0.05) is 30.3 Å². The van der Waals surface area contributed by atoms with E-state index in [4.69, 9.17) is 4.74 Å². The molecule has 0 amide bonds. The molecule has 0 aliphatic heterocycles. The summed E-state index contributed by atoms with van der Waals surface area (Å²) >= 11 is 0. The summed E-state index contributed by atoms with van der Waals surface area (Å²) < 4.78 is 32.2. The maximum atomic E-state index is 13.6. The molecule has 0 unspecified atom stereocenters. The van der Waals surface area contributed by atoms with Gasteiger partial charge in [-0.15, -0.1) is 0 Å². The number of ether oxygens (including phenoxy) is 1. The van der Waals surface area contributed by atoms with Gasteiger partial charge in [0.2, 0.25) is 0 Å². The Morgan fingerprint density at radius 3 is 2.53 bits per heavy atom. The Bertz CT molecular complexity index is 523. The highest BCUT2D eigenvalue weighted by molar-refractivity contribution is 5.30. The van der Waals surface area contributed by atoms with Crippen molar-refractivity contribution in [1.29, 1.82) is 0 Å². The maximum absolute atomic E-state index is 13.6. The Balaban J connectivity index is 2.13. The highest BCUT2D eigenvalue weighted by atomic mass is 19.1. The molecule has 0 aliphatic carbocycles. The Morgan fingerprint density at radius 1 is 1.00 bits per heavy atom. The molecule has 2 rings (SSSR count). The Hall–Kier alpha value is -1.90. The van der Waals surface area contributed by atoms with Gasteiger partial charge in [-0.25, -0.2) is 8.78 Å². The molecule has 0 bridgehead atoms. The third kappa shape index (κ3) is 2.61. The number of rotatable bonds is 3. The summed E-state index contributed by atoms with van der Waals surface area (Å²) in [5.74, 6) is -0.599. The molecule has 0 atom stereocenters. The van der Waals surface area contributed by atoms with Crippen LogP contribution in [0.5, 0.6) is 5.75 Å². The zero-order valence-electron chi connectivity index (χ0n) is 9.41. The van der Waals surface area contributed by atoms with Gasteiger partial charge in [0.05, 0.1) is 0 Å². The van der Waals surface area contributed by atoms with Crippen LogP contribution in [-0.2, 0) is 6.61 Å². The summed E-state index contributed by atoms with van der Waals surface area (Å²) in [4.78, 5) is 0. The zero-order chi connectivity index (χ0) is 12.3. The third-order valence-corrected chi connectivity index (χ3v) is 2.50. The van der Waals surface area contributed by atoms with Crippen molar-refractivity contribution in [2.24, 2.45) is 0 Å². The summed E-state index contributed by atoms with van der Waals surface area (Å²) in [6, 6.07) is 11.2. The van der Waals surface area contributed by atoms with Crippen LogP contribution < -0.4 is 4.74 Å². The molecule has 0 aliphatic rings. The van der Waals surface area contributed by atoms with Crippen molar-refractivity contribution in [2.75, 3.05) is 0 Å². The number of halogens is 2. The second-order valence-corrected chi connectivity index (χ2v) is 3.77. The molecule has 0 N–H and O–H groups in total. The third-order valence-electron chi connectivity index (χ3n) is 2.50. The quantitative estimate of drug-likeness (QED) is 0.783. The van der Waals surface area contributed by atoms with E-state index in [1.165, 1.54) is 12.1 Å². The number of aryl methyl sites for hydroxylation is 1. The Kier molecular flexibility index (Phi) is 3.38. The van der Waals surface area contributed by atoms with Crippen LogP contribution in [-0.4, -0.2) is 0 Å². The molecular formula is C14H12F2O. The zero-order valence-corrected chi connectivity index (χ0v) is 9.41. The molecule has 0 saturated carbocycles. The van der Waals surface area contributed by atoms with Gasteiger partial charge in [-0.2, -0.15) is 0 Å². The van der Waals surface area contributed by atoms with Crippen LogP contribution in [0.4, 0.5) is 8.78 Å². The first-order chi connectivity index (χ1) is 8.18. The fourth-order valence-electron chi connectivity index (χ4n) is 1.50.